The van der Waals surface area contributed by atoms with E-state index in [4.69, 9.17) is 91.7 Å². The fourth-order valence-corrected chi connectivity index (χ4v) is 9.11. The van der Waals surface area contributed by atoms with Crippen LogP contribution in [-0.2, 0) is 96.1 Å². The van der Waals surface area contributed by atoms with E-state index in [1.54, 1.807) is 7.11 Å². The molecule has 0 amide bonds. The summed E-state index contributed by atoms with van der Waals surface area (Å²) in [4.78, 5) is 2.38. The van der Waals surface area contributed by atoms with Crippen LogP contribution in [0.4, 0.5) is 11.4 Å². The van der Waals surface area contributed by atoms with Crippen molar-refractivity contribution in [2.75, 3.05) is 256 Å². The second kappa shape index (κ2) is 51.1. The highest BCUT2D eigenvalue weighted by molar-refractivity contribution is 6.03. The molecule has 2 heterocycles. The third-order valence-electron chi connectivity index (χ3n) is 13.4. The molecular weight excluding hydrogens is 1130 g/mol. The molecule has 2 aliphatic heterocycles. The molecule has 0 saturated heterocycles. The van der Waals surface area contributed by atoms with Crippen LogP contribution in [0.2, 0.25) is 0 Å². The van der Waals surface area contributed by atoms with Crippen molar-refractivity contribution in [2.45, 2.75) is 38.5 Å². The van der Waals surface area contributed by atoms with Crippen LogP contribution < -0.4 is 17.3 Å². The van der Waals surface area contributed by atoms with Crippen LogP contribution >= 0.6 is 0 Å². The molecule has 0 fully saturated rings. The number of halogens is 1. The van der Waals surface area contributed by atoms with Crippen LogP contribution in [-0.4, -0.2) is 262 Å². The van der Waals surface area contributed by atoms with Gasteiger partial charge in [-0.15, -0.1) is 6.42 Å². The Hall–Kier alpha value is -3.74. The summed E-state index contributed by atoms with van der Waals surface area (Å²) in [6.45, 7) is 28.2. The van der Waals surface area contributed by atoms with E-state index >= 15 is 0 Å². The minimum Gasteiger partial charge on any atom is -1.00 e. The number of hydrogen-bond acceptors (Lipinski definition) is 19. The van der Waals surface area contributed by atoms with Gasteiger partial charge in [0.1, 0.15) is 13.2 Å². The first kappa shape index (κ1) is 76.5. The van der Waals surface area contributed by atoms with E-state index < -0.39 is 0 Å². The van der Waals surface area contributed by atoms with Gasteiger partial charge in [-0.1, -0.05) is 74.4 Å². The molecule has 488 valence electrons. The van der Waals surface area contributed by atoms with Crippen LogP contribution in [0.15, 0.2) is 84.6 Å². The molecule has 0 bridgehead atoms. The number of nitrogens with zero attached hydrogens (tertiary/aromatic N) is 2. The molecule has 2 aliphatic rings. The van der Waals surface area contributed by atoms with Gasteiger partial charge >= 0.3 is 0 Å². The number of para-hydroxylation sites is 2. The maximum Gasteiger partial charge on any atom is 0.209 e. The summed E-state index contributed by atoms with van der Waals surface area (Å²) in [6, 6.07) is 17.3. The van der Waals surface area contributed by atoms with Gasteiger partial charge in [0.15, 0.2) is 12.3 Å². The number of allylic oxidation sites excluding steroid dienone is 6. The molecule has 0 aromatic heterocycles. The summed E-state index contributed by atoms with van der Waals surface area (Å²) >= 11 is 0. The third-order valence-corrected chi connectivity index (χ3v) is 13.4. The molecule has 0 spiro atoms. The number of terminal acetylenes is 1. The van der Waals surface area contributed by atoms with Crippen molar-refractivity contribution in [3.8, 4) is 12.3 Å². The first-order valence-corrected chi connectivity index (χ1v) is 30.2. The van der Waals surface area contributed by atoms with Gasteiger partial charge < -0.3 is 103 Å². The smallest absolute Gasteiger partial charge is 0.209 e. The number of methoxy groups -OCH3 is 1. The van der Waals surface area contributed by atoms with Crippen molar-refractivity contribution in [3.05, 3.63) is 95.7 Å². The lowest BCUT2D eigenvalue weighted by Gasteiger charge is -2.27. The minimum absolute atomic E-state index is 0. The maximum atomic E-state index is 6.08. The zero-order valence-corrected chi connectivity index (χ0v) is 53.1. The van der Waals surface area contributed by atoms with E-state index in [0.717, 1.165) is 13.1 Å². The highest BCUT2D eigenvalue weighted by Crippen LogP contribution is 2.47. The molecule has 0 unspecified atom stereocenters. The van der Waals surface area contributed by atoms with Crippen LogP contribution in [0.5, 0.6) is 0 Å². The van der Waals surface area contributed by atoms with E-state index in [0.29, 0.717) is 231 Å². The van der Waals surface area contributed by atoms with Crippen molar-refractivity contribution in [2.24, 2.45) is 0 Å². The summed E-state index contributed by atoms with van der Waals surface area (Å²) in [5.41, 5.74) is 7.11. The predicted octanol–water partition coefficient (Wildman–Crippen LogP) is 3.42. The summed E-state index contributed by atoms with van der Waals surface area (Å²) in [6.07, 6.45) is 16.0. The fraction of sp³-hybridized carbons (Fsp3) is 0.677. The molecule has 86 heavy (non-hydrogen) atoms. The Morgan fingerprint density at radius 1 is 0.407 bits per heavy atom. The molecule has 0 saturated carbocycles. The van der Waals surface area contributed by atoms with Crippen LogP contribution in [0.3, 0.4) is 0 Å². The predicted molar refractivity (Wildman–Crippen MR) is 327 cm³/mol. The normalized spacial score (nSPS) is 14.7. The van der Waals surface area contributed by atoms with Crippen molar-refractivity contribution >= 4 is 17.1 Å². The van der Waals surface area contributed by atoms with Gasteiger partial charge in [0.25, 0.3) is 0 Å². The number of fused-ring (bicyclic) bond motifs is 2. The molecule has 0 N–H and O–H groups in total. The fourth-order valence-electron chi connectivity index (χ4n) is 9.11. The van der Waals surface area contributed by atoms with Gasteiger partial charge in [-0.2, -0.15) is 4.58 Å². The molecule has 20 nitrogen and oxygen atoms in total. The standard InChI is InChI=1S/C65H103N2O18.ClH/c1-7-23-69-28-31-73-36-39-77-44-47-81-52-55-85-57-54-83-49-46-79-41-38-75-33-30-71-25-22-67-61-18-14-12-16-59(61)65(4,5)63(67)20-10-8-9-19-62-64(2,3)58-15-11-13-17-60(58)66(62)21-24-70-29-32-74-37-40-78-45-48-82-53-56-84-51-50-80-43-42-76-35-34-72-27-26-68-6;/h1,8-20H,21-57H2,2-6H3;1H/q+1;/p-1. The van der Waals surface area contributed by atoms with Crippen molar-refractivity contribution in [1.29, 1.82) is 0 Å². The Morgan fingerprint density at radius 3 is 1.16 bits per heavy atom. The van der Waals surface area contributed by atoms with Crippen LogP contribution in [0.25, 0.3) is 0 Å². The van der Waals surface area contributed by atoms with Crippen LogP contribution in [0.1, 0.15) is 38.8 Å². The summed E-state index contributed by atoms with van der Waals surface area (Å²) < 4.78 is 102. The van der Waals surface area contributed by atoms with Gasteiger partial charge in [0.2, 0.25) is 5.69 Å². The van der Waals surface area contributed by atoms with Crippen molar-refractivity contribution in [1.82, 2.24) is 0 Å². The van der Waals surface area contributed by atoms with Gasteiger partial charge in [0.05, 0.1) is 223 Å². The molecule has 2 aromatic rings. The molecule has 0 atom stereocenters. The monoisotopic (exact) mass is 1230 g/mol. The minimum atomic E-state index is -0.183. The molecule has 2 aromatic carbocycles. The topological polar surface area (TPSA) is 172 Å². The Labute approximate surface area is 520 Å². The van der Waals surface area contributed by atoms with Crippen molar-refractivity contribution < 1.29 is 102 Å². The Morgan fingerprint density at radius 2 is 0.756 bits per heavy atom. The van der Waals surface area contributed by atoms with Gasteiger partial charge in [-0.3, -0.25) is 0 Å². The second-order valence-corrected chi connectivity index (χ2v) is 20.3. The first-order valence-electron chi connectivity index (χ1n) is 30.2. The van der Waals surface area contributed by atoms with Gasteiger partial charge in [-0.25, -0.2) is 0 Å². The average molecular weight is 1240 g/mol. The molecule has 21 heteroatoms. The molecule has 0 radical (unpaired) electrons. The molecular formula is C65H103ClN2O18. The summed E-state index contributed by atoms with van der Waals surface area (Å²) in [5.74, 6) is 2.41. The zero-order chi connectivity index (χ0) is 60.4. The van der Waals surface area contributed by atoms with E-state index in [9.17, 15) is 0 Å². The number of hydrogen-bond donors (Lipinski definition) is 0. The number of benzene rings is 2. The highest BCUT2D eigenvalue weighted by Gasteiger charge is 2.44. The zero-order valence-electron chi connectivity index (χ0n) is 52.4. The lowest BCUT2D eigenvalue weighted by atomic mass is 9.81. The SMILES string of the molecule is C#CCOCCOCCOCCOCCOCCOCCOCCOCCOCC[N+]1=C(/C=C/C=C/C=C2/N(CCOCCOCCOCCOCCOCCOCCOCCOCCOC)c3ccccc3C2(C)C)C(C)(C)c2ccccc21.[Cl-]. The lowest BCUT2D eigenvalue weighted by molar-refractivity contribution is -0.442. The van der Waals surface area contributed by atoms with Gasteiger partial charge in [0, 0.05) is 48.2 Å². The maximum absolute atomic E-state index is 6.08. The molecule has 4 rings (SSSR count). The van der Waals surface area contributed by atoms with Crippen molar-refractivity contribution in [3.63, 3.8) is 0 Å². The second-order valence-electron chi connectivity index (χ2n) is 20.3. The quantitative estimate of drug-likeness (QED) is 0.0408. The van der Waals surface area contributed by atoms with E-state index in [1.165, 1.54) is 33.9 Å². The van der Waals surface area contributed by atoms with E-state index in [1.807, 2.05) is 0 Å². The number of ether oxygens (including phenoxy) is 18. The third kappa shape index (κ3) is 32.7. The lowest BCUT2D eigenvalue weighted by Crippen LogP contribution is -3.00. The van der Waals surface area contributed by atoms with E-state index in [2.05, 4.69) is 122 Å². The summed E-state index contributed by atoms with van der Waals surface area (Å²) in [7, 11) is 1.65. The summed E-state index contributed by atoms with van der Waals surface area (Å²) in [5, 5.41) is 0. The number of anilines is 1. The Balaban J connectivity index is 0.0000194. The number of rotatable bonds is 58. The largest absolute Gasteiger partial charge is 1.00 e. The Bertz CT molecular complexity index is 2160. The van der Waals surface area contributed by atoms with Gasteiger partial charge in [-0.05, 0) is 31.6 Å². The molecule has 0 aliphatic carbocycles. The first-order chi connectivity index (χ1) is 41.8. The van der Waals surface area contributed by atoms with Crippen LogP contribution in [0, 0.1) is 12.3 Å². The Kier molecular flexibility index (Phi) is 45.4. The highest BCUT2D eigenvalue weighted by atomic mass is 35.5. The average Bonchev–Trinajstić information content (AvgIpc) is 1.79. The van der Waals surface area contributed by atoms with E-state index in [-0.39, 0.29) is 23.2 Å².